The third kappa shape index (κ3) is 0.648. The lowest BCUT2D eigenvalue weighted by atomic mass is 9.91. The molecule has 0 unspecified atom stereocenters. The van der Waals surface area contributed by atoms with Crippen LogP contribution >= 0.6 is 0 Å². The Morgan fingerprint density at radius 3 is 1.80 bits per heavy atom. The first-order valence-electron chi connectivity index (χ1n) is 3.77. The van der Waals surface area contributed by atoms with Crippen molar-refractivity contribution < 1.29 is 9.47 Å². The molecule has 2 nitrogen and oxygen atoms in total. The summed E-state index contributed by atoms with van der Waals surface area (Å²) in [6.07, 6.45) is 3.35. The second kappa shape index (κ2) is 1.68. The van der Waals surface area contributed by atoms with Crippen molar-refractivity contribution in [1.82, 2.24) is 0 Å². The van der Waals surface area contributed by atoms with E-state index in [0.717, 1.165) is 24.4 Å². The lowest BCUT2D eigenvalue weighted by Gasteiger charge is -2.36. The van der Waals surface area contributed by atoms with E-state index in [0.29, 0.717) is 0 Å². The minimum Gasteiger partial charge on any atom is -0.454 e. The van der Waals surface area contributed by atoms with E-state index in [1.807, 2.05) is 13.8 Å². The van der Waals surface area contributed by atoms with Gasteiger partial charge in [0.2, 0.25) is 0 Å². The maximum absolute atomic E-state index is 5.55. The van der Waals surface area contributed by atoms with Crippen molar-refractivity contribution >= 4 is 0 Å². The minimum absolute atomic E-state index is 0.214. The number of hydrogen-bond donors (Lipinski definition) is 0. The molecule has 2 rings (SSSR count). The number of hydrogen-bond acceptors (Lipinski definition) is 2. The summed E-state index contributed by atoms with van der Waals surface area (Å²) in [6.45, 7) is 3.92. The largest absolute Gasteiger partial charge is 0.454 e. The van der Waals surface area contributed by atoms with Crippen LogP contribution in [0.25, 0.3) is 0 Å². The summed E-state index contributed by atoms with van der Waals surface area (Å²) in [7, 11) is 0. The van der Waals surface area contributed by atoms with Gasteiger partial charge in [0.1, 0.15) is 11.5 Å². The van der Waals surface area contributed by atoms with E-state index < -0.39 is 0 Å². The fourth-order valence-electron chi connectivity index (χ4n) is 1.39. The first kappa shape index (κ1) is 6.08. The van der Waals surface area contributed by atoms with Gasteiger partial charge in [-0.2, -0.15) is 0 Å². The zero-order chi connectivity index (χ0) is 7.19. The van der Waals surface area contributed by atoms with Crippen molar-refractivity contribution in [3.63, 3.8) is 0 Å². The molecule has 0 bridgehead atoms. The molecule has 0 aromatic carbocycles. The Bertz CT molecular complexity index is 173. The summed E-state index contributed by atoms with van der Waals surface area (Å²) in [6, 6.07) is 0. The predicted molar refractivity (Wildman–Crippen MR) is 37.1 cm³/mol. The molecule has 0 aromatic heterocycles. The van der Waals surface area contributed by atoms with Gasteiger partial charge in [-0.15, -0.1) is 0 Å². The molecular formula is C8H12O2. The molecular weight excluding hydrogens is 128 g/mol. The zero-order valence-corrected chi connectivity index (χ0v) is 6.44. The van der Waals surface area contributed by atoms with Crippen LogP contribution in [0.4, 0.5) is 0 Å². The van der Waals surface area contributed by atoms with Crippen LogP contribution < -0.4 is 0 Å². The molecule has 2 heteroatoms. The third-order valence-corrected chi connectivity index (χ3v) is 2.29. The maximum Gasteiger partial charge on any atom is 0.250 e. The number of allylic oxidation sites excluding steroid dienone is 2. The molecule has 0 amide bonds. The van der Waals surface area contributed by atoms with Gasteiger partial charge < -0.3 is 9.47 Å². The highest BCUT2D eigenvalue weighted by molar-refractivity contribution is 5.06. The Balaban J connectivity index is 2.11. The molecule has 0 N–H and O–H groups in total. The van der Waals surface area contributed by atoms with Gasteiger partial charge in [0.25, 0.3) is 5.79 Å². The Hall–Kier alpha value is -0.660. The van der Waals surface area contributed by atoms with Crippen molar-refractivity contribution in [1.29, 1.82) is 0 Å². The normalized spacial score (nSPS) is 27.8. The smallest absolute Gasteiger partial charge is 0.250 e. The molecule has 0 aromatic rings. The fraction of sp³-hybridized carbons (Fsp3) is 0.750. The van der Waals surface area contributed by atoms with Crippen LogP contribution in [0.1, 0.15) is 33.1 Å². The molecule has 56 valence electrons. The quantitative estimate of drug-likeness (QED) is 0.513. The Morgan fingerprint density at radius 2 is 1.60 bits per heavy atom. The first-order valence-corrected chi connectivity index (χ1v) is 3.77. The molecule has 0 saturated heterocycles. The third-order valence-electron chi connectivity index (χ3n) is 2.29. The summed E-state index contributed by atoms with van der Waals surface area (Å²) < 4.78 is 11.1. The van der Waals surface area contributed by atoms with Gasteiger partial charge in [-0.05, 0) is 20.3 Å². The monoisotopic (exact) mass is 140 g/mol. The van der Waals surface area contributed by atoms with E-state index in [-0.39, 0.29) is 5.79 Å². The van der Waals surface area contributed by atoms with Crippen LogP contribution in [0.3, 0.4) is 0 Å². The second-order valence-electron chi connectivity index (χ2n) is 3.08. The topological polar surface area (TPSA) is 18.5 Å². The van der Waals surface area contributed by atoms with Crippen LogP contribution in [-0.2, 0) is 9.47 Å². The van der Waals surface area contributed by atoms with Crippen LogP contribution in [0, 0.1) is 0 Å². The van der Waals surface area contributed by atoms with Gasteiger partial charge >= 0.3 is 0 Å². The molecule has 0 radical (unpaired) electrons. The summed E-state index contributed by atoms with van der Waals surface area (Å²) in [5, 5.41) is 0. The summed E-state index contributed by atoms with van der Waals surface area (Å²) >= 11 is 0. The second-order valence-corrected chi connectivity index (χ2v) is 3.08. The minimum atomic E-state index is -0.214. The van der Waals surface area contributed by atoms with Crippen molar-refractivity contribution in [2.45, 2.75) is 38.9 Å². The van der Waals surface area contributed by atoms with E-state index in [1.165, 1.54) is 6.42 Å². The molecule has 1 heterocycles. The van der Waals surface area contributed by atoms with Crippen LogP contribution in [0.15, 0.2) is 11.5 Å². The van der Waals surface area contributed by atoms with Crippen molar-refractivity contribution in [3.05, 3.63) is 11.5 Å². The summed E-state index contributed by atoms with van der Waals surface area (Å²) in [4.78, 5) is 0. The average Bonchev–Trinajstić information content (AvgIpc) is 2.08. The lowest BCUT2D eigenvalue weighted by Crippen LogP contribution is -2.38. The SMILES string of the molecule is CC1=C(C)OC2(CCC2)O1. The zero-order valence-electron chi connectivity index (χ0n) is 6.44. The van der Waals surface area contributed by atoms with Gasteiger partial charge in [0, 0.05) is 12.8 Å². The van der Waals surface area contributed by atoms with Gasteiger partial charge in [-0.1, -0.05) is 0 Å². The van der Waals surface area contributed by atoms with Crippen LogP contribution in [-0.4, -0.2) is 5.79 Å². The highest BCUT2D eigenvalue weighted by Crippen LogP contribution is 2.44. The molecule has 2 aliphatic rings. The van der Waals surface area contributed by atoms with Crippen molar-refractivity contribution in [2.75, 3.05) is 0 Å². The molecule has 10 heavy (non-hydrogen) atoms. The van der Waals surface area contributed by atoms with Crippen LogP contribution in [0.2, 0.25) is 0 Å². The average molecular weight is 140 g/mol. The van der Waals surface area contributed by atoms with Gasteiger partial charge in [0.15, 0.2) is 0 Å². The highest BCUT2D eigenvalue weighted by Gasteiger charge is 2.45. The summed E-state index contributed by atoms with van der Waals surface area (Å²) in [5.41, 5.74) is 0. The first-order chi connectivity index (χ1) is 4.72. The van der Waals surface area contributed by atoms with E-state index in [9.17, 15) is 0 Å². The van der Waals surface area contributed by atoms with Gasteiger partial charge in [-0.3, -0.25) is 0 Å². The molecule has 0 atom stereocenters. The molecule has 1 fully saturated rings. The Labute approximate surface area is 60.8 Å². The highest BCUT2D eigenvalue weighted by atomic mass is 16.7. The Kier molecular flexibility index (Phi) is 1.02. The fourth-order valence-corrected chi connectivity index (χ4v) is 1.39. The maximum atomic E-state index is 5.55. The standard InChI is InChI=1S/C8H12O2/c1-6-7(2)10-8(9-6)4-3-5-8/h3-5H2,1-2H3. The summed E-state index contributed by atoms with van der Waals surface area (Å²) in [5.74, 6) is 1.70. The number of ether oxygens (including phenoxy) is 2. The van der Waals surface area contributed by atoms with Gasteiger partial charge in [0.05, 0.1) is 0 Å². The van der Waals surface area contributed by atoms with Crippen molar-refractivity contribution in [3.8, 4) is 0 Å². The molecule has 1 aliphatic heterocycles. The van der Waals surface area contributed by atoms with E-state index in [2.05, 4.69) is 0 Å². The van der Waals surface area contributed by atoms with E-state index in [4.69, 9.17) is 9.47 Å². The lowest BCUT2D eigenvalue weighted by molar-refractivity contribution is -0.202. The molecule has 1 saturated carbocycles. The molecule has 1 spiro atoms. The van der Waals surface area contributed by atoms with E-state index in [1.54, 1.807) is 0 Å². The van der Waals surface area contributed by atoms with Crippen LogP contribution in [0.5, 0.6) is 0 Å². The number of rotatable bonds is 0. The van der Waals surface area contributed by atoms with Gasteiger partial charge in [-0.25, -0.2) is 0 Å². The van der Waals surface area contributed by atoms with Crippen molar-refractivity contribution in [2.24, 2.45) is 0 Å². The Morgan fingerprint density at radius 1 is 1.10 bits per heavy atom. The van der Waals surface area contributed by atoms with E-state index >= 15 is 0 Å². The molecule has 1 aliphatic carbocycles. The predicted octanol–water partition coefficient (Wildman–Crippen LogP) is 2.16.